The number of thiophene rings is 1. The van der Waals surface area contributed by atoms with E-state index in [1.54, 1.807) is 0 Å². The lowest BCUT2D eigenvalue weighted by molar-refractivity contribution is 1.26. The van der Waals surface area contributed by atoms with E-state index in [9.17, 15) is 0 Å². The van der Waals surface area contributed by atoms with E-state index in [-0.39, 0.29) is 0 Å². The summed E-state index contributed by atoms with van der Waals surface area (Å²) < 4.78 is 2.50. The topological polar surface area (TPSA) is 9.72 Å². The van der Waals surface area contributed by atoms with Crippen LogP contribution in [0.3, 0.4) is 0 Å². The van der Waals surface area contributed by atoms with Gasteiger partial charge in [-0.2, -0.15) is 0 Å². The summed E-state index contributed by atoms with van der Waals surface area (Å²) in [5.41, 5.74) is 14.6. The van der Waals surface area contributed by atoms with Crippen LogP contribution in [-0.4, -0.2) is 0 Å². The summed E-state index contributed by atoms with van der Waals surface area (Å²) in [7, 11) is 0. The number of benzene rings is 11. The van der Waals surface area contributed by atoms with Gasteiger partial charge < -0.3 is 14.7 Å². The molecule has 1 aromatic heterocycles. The molecule has 0 unspecified atom stereocenters. The molecule has 322 valence electrons. The molecule has 0 saturated heterocycles. The van der Waals surface area contributed by atoms with Crippen molar-refractivity contribution < 1.29 is 0 Å². The lowest BCUT2D eigenvalue weighted by Crippen LogP contribution is -2.14. The van der Waals surface area contributed by atoms with Gasteiger partial charge in [-0.1, -0.05) is 170 Å². The maximum absolute atomic E-state index is 2.44. The number of fused-ring (bicyclic) bond motifs is 5. The highest BCUT2D eigenvalue weighted by atomic mass is 32.1. The quantitative estimate of drug-likeness (QED) is 0.128. The van der Waals surface area contributed by atoms with Crippen molar-refractivity contribution in [2.75, 3.05) is 14.7 Å². The Kier molecular flexibility index (Phi) is 10.8. The normalized spacial score (nSPS) is 11.2. The Hall–Kier alpha value is -8.70. The van der Waals surface area contributed by atoms with E-state index in [0.29, 0.717) is 0 Å². The van der Waals surface area contributed by atoms with Crippen molar-refractivity contribution in [3.63, 3.8) is 0 Å². The number of para-hydroxylation sites is 4. The fourth-order valence-corrected chi connectivity index (χ4v) is 10.8. The molecule has 0 bridgehead atoms. The van der Waals surface area contributed by atoms with Crippen molar-refractivity contribution in [2.24, 2.45) is 0 Å². The van der Waals surface area contributed by atoms with Gasteiger partial charge in [0.2, 0.25) is 0 Å². The van der Waals surface area contributed by atoms with Crippen LogP contribution in [0.1, 0.15) is 0 Å². The Morgan fingerprint density at radius 1 is 0.221 bits per heavy atom. The first-order valence-corrected chi connectivity index (χ1v) is 23.9. The summed E-state index contributed by atoms with van der Waals surface area (Å²) >= 11 is 1.87. The molecule has 12 rings (SSSR count). The first kappa shape index (κ1) is 40.8. The van der Waals surface area contributed by atoms with Crippen LogP contribution < -0.4 is 14.7 Å². The van der Waals surface area contributed by atoms with Crippen molar-refractivity contribution in [3.8, 4) is 22.3 Å². The van der Waals surface area contributed by atoms with Crippen LogP contribution in [0.25, 0.3) is 53.2 Å². The summed E-state index contributed by atoms with van der Waals surface area (Å²) in [4.78, 5) is 7.20. The van der Waals surface area contributed by atoms with Crippen LogP contribution >= 0.6 is 11.3 Å². The Labute approximate surface area is 401 Å². The number of hydrogen-bond donors (Lipinski definition) is 0. The molecule has 12 aromatic rings. The molecule has 0 amide bonds. The van der Waals surface area contributed by atoms with Gasteiger partial charge in [0.1, 0.15) is 0 Å². The molecule has 0 fully saturated rings. The second-order valence-corrected chi connectivity index (χ2v) is 18.0. The third kappa shape index (κ3) is 7.73. The largest absolute Gasteiger partial charge is 0.310 e. The number of rotatable bonds is 11. The molecule has 4 heteroatoms. The second-order valence-electron chi connectivity index (χ2n) is 17.0. The first-order valence-electron chi connectivity index (χ1n) is 23.1. The first-order chi connectivity index (χ1) is 33.7. The third-order valence-electron chi connectivity index (χ3n) is 12.8. The van der Waals surface area contributed by atoms with Crippen molar-refractivity contribution in [1.29, 1.82) is 0 Å². The second kappa shape index (κ2) is 17.9. The van der Waals surface area contributed by atoms with Crippen molar-refractivity contribution in [2.45, 2.75) is 0 Å². The van der Waals surface area contributed by atoms with Crippen molar-refractivity contribution >= 4 is 93.5 Å². The molecule has 0 aliphatic carbocycles. The summed E-state index contributed by atoms with van der Waals surface area (Å²) in [5.74, 6) is 0. The van der Waals surface area contributed by atoms with Gasteiger partial charge in [-0.3, -0.25) is 0 Å². The molecular weight excluding hydrogens is 843 g/mol. The Morgan fingerprint density at radius 2 is 0.603 bits per heavy atom. The SMILES string of the molecule is c1ccc(-c2cccc(N(c3ccccc3)c3ccc4sc5c6cc(N(c7ccccc7)c7ccccc7)cc(N(c7ccccc7)c7cccc(-c8ccccc8)c7)c6ccc5c4c3)c2)cc1. The molecule has 68 heavy (non-hydrogen) atoms. The zero-order valence-electron chi connectivity index (χ0n) is 37.2. The average Bonchev–Trinajstić information content (AvgIpc) is 3.80. The van der Waals surface area contributed by atoms with Crippen LogP contribution in [-0.2, 0) is 0 Å². The predicted molar refractivity (Wildman–Crippen MR) is 292 cm³/mol. The van der Waals surface area contributed by atoms with Gasteiger partial charge in [-0.05, 0) is 125 Å². The van der Waals surface area contributed by atoms with Crippen molar-refractivity contribution in [3.05, 3.63) is 273 Å². The minimum Gasteiger partial charge on any atom is -0.310 e. The number of nitrogens with zero attached hydrogens (tertiary/aromatic N) is 3. The van der Waals surface area contributed by atoms with Gasteiger partial charge in [0.05, 0.1) is 5.69 Å². The van der Waals surface area contributed by atoms with Crippen LogP contribution in [0, 0.1) is 0 Å². The molecule has 0 atom stereocenters. The smallest absolute Gasteiger partial charge is 0.0561 e. The van der Waals surface area contributed by atoms with Gasteiger partial charge in [-0.15, -0.1) is 11.3 Å². The highest BCUT2D eigenvalue weighted by Crippen LogP contribution is 2.49. The van der Waals surface area contributed by atoms with Gasteiger partial charge >= 0.3 is 0 Å². The molecule has 0 spiro atoms. The Bertz CT molecular complexity index is 3630. The van der Waals surface area contributed by atoms with E-state index < -0.39 is 0 Å². The molecule has 0 aliphatic heterocycles. The van der Waals surface area contributed by atoms with Crippen LogP contribution in [0.2, 0.25) is 0 Å². The number of hydrogen-bond acceptors (Lipinski definition) is 4. The molecular formula is C64H45N3S. The summed E-state index contributed by atoms with van der Waals surface area (Å²) in [5, 5.41) is 4.84. The van der Waals surface area contributed by atoms with E-state index in [0.717, 1.165) is 51.2 Å². The summed E-state index contributed by atoms with van der Waals surface area (Å²) in [6.07, 6.45) is 0. The van der Waals surface area contributed by atoms with E-state index in [1.807, 2.05) is 11.3 Å². The maximum atomic E-state index is 2.44. The zero-order chi connectivity index (χ0) is 45.2. The Morgan fingerprint density at radius 3 is 1.12 bits per heavy atom. The lowest BCUT2D eigenvalue weighted by atomic mass is 10.00. The standard InChI is InChI=1S/C64H45N3S/c1-7-21-46(22-8-1)48-25-19-35-54(41-48)66(52-31-15-5-16-32-52)56-37-40-63-60(43-56)59-39-38-58-61(64(59)68-63)44-57(65(50-27-11-3-12-28-50)51-29-13-4-14-30-51)45-62(58)67(53-33-17-6-18-34-53)55-36-20-26-49(42-55)47-23-9-2-10-24-47/h1-45H. The fourth-order valence-electron chi connectivity index (χ4n) is 9.62. The van der Waals surface area contributed by atoms with Crippen LogP contribution in [0.15, 0.2) is 273 Å². The predicted octanol–water partition coefficient (Wildman–Crippen LogP) is 19.0. The molecule has 0 aliphatic rings. The van der Waals surface area contributed by atoms with Gasteiger partial charge in [0, 0.05) is 76.4 Å². The molecule has 3 nitrogen and oxygen atoms in total. The van der Waals surface area contributed by atoms with Crippen molar-refractivity contribution in [1.82, 2.24) is 0 Å². The monoisotopic (exact) mass is 887 g/mol. The third-order valence-corrected chi connectivity index (χ3v) is 14.0. The van der Waals surface area contributed by atoms with Gasteiger partial charge in [0.25, 0.3) is 0 Å². The van der Waals surface area contributed by atoms with E-state index >= 15 is 0 Å². The molecule has 0 radical (unpaired) electrons. The van der Waals surface area contributed by atoms with Crippen LogP contribution in [0.5, 0.6) is 0 Å². The molecule has 1 heterocycles. The lowest BCUT2D eigenvalue weighted by Gasteiger charge is -2.31. The highest BCUT2D eigenvalue weighted by Gasteiger charge is 2.23. The maximum Gasteiger partial charge on any atom is 0.0561 e. The van der Waals surface area contributed by atoms with Crippen LogP contribution in [0.4, 0.5) is 51.2 Å². The molecule has 0 N–H and O–H groups in total. The van der Waals surface area contributed by atoms with Gasteiger partial charge in [-0.25, -0.2) is 0 Å². The summed E-state index contributed by atoms with van der Waals surface area (Å²) in [6.45, 7) is 0. The molecule has 11 aromatic carbocycles. The van der Waals surface area contributed by atoms with E-state index in [2.05, 4.69) is 288 Å². The average molecular weight is 888 g/mol. The summed E-state index contributed by atoms with van der Waals surface area (Å²) in [6, 6.07) is 98.5. The minimum atomic E-state index is 1.07. The minimum absolute atomic E-state index is 1.07. The van der Waals surface area contributed by atoms with Gasteiger partial charge in [0.15, 0.2) is 0 Å². The van der Waals surface area contributed by atoms with E-state index in [4.69, 9.17) is 0 Å². The van der Waals surface area contributed by atoms with E-state index in [1.165, 1.54) is 53.2 Å². The Balaban J connectivity index is 1.10. The number of anilines is 9. The highest BCUT2D eigenvalue weighted by molar-refractivity contribution is 7.26. The molecule has 0 saturated carbocycles. The fraction of sp³-hybridized carbons (Fsp3) is 0. The zero-order valence-corrected chi connectivity index (χ0v) is 38.0.